The molecule has 5 nitrogen and oxygen atoms in total. The smallest absolute Gasteiger partial charge is 0.0897 e. The molecular formula is C16H34N2O3. The van der Waals surface area contributed by atoms with Gasteiger partial charge in [0.15, 0.2) is 0 Å². The largest absolute Gasteiger partial charge is 0.389 e. The van der Waals surface area contributed by atoms with E-state index in [0.717, 1.165) is 0 Å². The fourth-order valence-corrected chi connectivity index (χ4v) is 2.60. The minimum atomic E-state index is -0.433. The molecule has 1 atom stereocenters. The molecule has 21 heavy (non-hydrogen) atoms. The van der Waals surface area contributed by atoms with Gasteiger partial charge in [-0.05, 0) is 52.7 Å². The van der Waals surface area contributed by atoms with Crippen LogP contribution in [0.15, 0.2) is 0 Å². The van der Waals surface area contributed by atoms with E-state index in [1.807, 2.05) is 13.8 Å². The van der Waals surface area contributed by atoms with Gasteiger partial charge in [0.1, 0.15) is 0 Å². The zero-order valence-electron chi connectivity index (χ0n) is 14.0. The maximum absolute atomic E-state index is 9.89. The third-order valence-electron chi connectivity index (χ3n) is 3.76. The van der Waals surface area contributed by atoms with Crippen molar-refractivity contribution >= 4 is 0 Å². The molecule has 0 aromatic heterocycles. The fraction of sp³-hybridized carbons (Fsp3) is 1.00. The van der Waals surface area contributed by atoms with Crippen molar-refractivity contribution in [3.8, 4) is 0 Å². The second kappa shape index (κ2) is 11.4. The number of nitrogens with zero attached hydrogens (tertiary/aromatic N) is 1. The Morgan fingerprint density at radius 1 is 1.24 bits per heavy atom. The highest BCUT2D eigenvalue weighted by Crippen LogP contribution is 2.10. The third-order valence-corrected chi connectivity index (χ3v) is 3.76. The highest BCUT2D eigenvalue weighted by molar-refractivity contribution is 4.77. The average Bonchev–Trinajstić information content (AvgIpc) is 2.46. The second-order valence-electron chi connectivity index (χ2n) is 6.17. The number of likely N-dealkylation sites (tertiary alicyclic amines) is 1. The SMILES string of the molecule is CCCN1CCC(NCC(O)COCCOC(C)C)CC1. The maximum atomic E-state index is 9.89. The molecule has 0 saturated carbocycles. The van der Waals surface area contributed by atoms with Crippen LogP contribution in [0.2, 0.25) is 0 Å². The Hall–Kier alpha value is -0.200. The van der Waals surface area contributed by atoms with E-state index in [0.29, 0.717) is 32.4 Å². The second-order valence-corrected chi connectivity index (χ2v) is 6.17. The molecule has 0 aliphatic carbocycles. The lowest BCUT2D eigenvalue weighted by Gasteiger charge is -2.32. The number of aliphatic hydroxyl groups is 1. The first kappa shape index (κ1) is 18.8. The van der Waals surface area contributed by atoms with Gasteiger partial charge in [-0.15, -0.1) is 0 Å². The van der Waals surface area contributed by atoms with Crippen molar-refractivity contribution in [1.82, 2.24) is 10.2 Å². The van der Waals surface area contributed by atoms with E-state index in [4.69, 9.17) is 9.47 Å². The Labute approximate surface area is 130 Å². The van der Waals surface area contributed by atoms with Crippen LogP contribution in [0, 0.1) is 0 Å². The highest BCUT2D eigenvalue weighted by Gasteiger charge is 2.18. The Balaban J connectivity index is 1.97. The molecule has 0 spiro atoms. The molecule has 0 radical (unpaired) electrons. The van der Waals surface area contributed by atoms with Crippen LogP contribution in [-0.4, -0.2) is 74.3 Å². The van der Waals surface area contributed by atoms with E-state index >= 15 is 0 Å². The summed E-state index contributed by atoms with van der Waals surface area (Å²) in [6, 6.07) is 0.539. The summed E-state index contributed by atoms with van der Waals surface area (Å²) in [6.07, 6.45) is 3.39. The number of piperidine rings is 1. The molecule has 1 aliphatic rings. The van der Waals surface area contributed by atoms with Gasteiger partial charge < -0.3 is 24.8 Å². The van der Waals surface area contributed by atoms with Crippen LogP contribution in [0.5, 0.6) is 0 Å². The summed E-state index contributed by atoms with van der Waals surface area (Å²) >= 11 is 0. The van der Waals surface area contributed by atoms with E-state index in [1.54, 1.807) is 0 Å². The van der Waals surface area contributed by atoms with Crippen molar-refractivity contribution in [3.63, 3.8) is 0 Å². The quantitative estimate of drug-likeness (QED) is 0.563. The van der Waals surface area contributed by atoms with Crippen molar-refractivity contribution in [3.05, 3.63) is 0 Å². The molecule has 0 amide bonds. The van der Waals surface area contributed by atoms with Crippen LogP contribution >= 0.6 is 0 Å². The Morgan fingerprint density at radius 3 is 2.57 bits per heavy atom. The fourth-order valence-electron chi connectivity index (χ4n) is 2.60. The standard InChI is InChI=1S/C16H34N2O3/c1-4-7-18-8-5-15(6-9-18)17-12-16(19)13-20-10-11-21-14(2)3/h14-17,19H,4-13H2,1-3H3. The summed E-state index contributed by atoms with van der Waals surface area (Å²) in [4.78, 5) is 2.52. The topological polar surface area (TPSA) is 54.0 Å². The van der Waals surface area contributed by atoms with Crippen molar-refractivity contribution in [2.45, 2.75) is 58.3 Å². The van der Waals surface area contributed by atoms with Crippen molar-refractivity contribution in [2.75, 3.05) is 46.0 Å². The first-order valence-corrected chi connectivity index (χ1v) is 8.45. The summed E-state index contributed by atoms with van der Waals surface area (Å²) in [6.45, 7) is 11.9. The molecule has 0 aromatic carbocycles. The van der Waals surface area contributed by atoms with Crippen LogP contribution in [-0.2, 0) is 9.47 Å². The molecular weight excluding hydrogens is 268 g/mol. The molecule has 1 heterocycles. The summed E-state index contributed by atoms with van der Waals surface area (Å²) in [5.41, 5.74) is 0. The number of hydrogen-bond acceptors (Lipinski definition) is 5. The number of ether oxygens (including phenoxy) is 2. The Kier molecular flexibility index (Phi) is 10.2. The predicted molar refractivity (Wildman–Crippen MR) is 85.7 cm³/mol. The molecule has 1 unspecified atom stereocenters. The normalized spacial score (nSPS) is 19.3. The zero-order chi connectivity index (χ0) is 15.5. The van der Waals surface area contributed by atoms with Crippen LogP contribution in [0.4, 0.5) is 0 Å². The van der Waals surface area contributed by atoms with Gasteiger partial charge in [-0.25, -0.2) is 0 Å². The van der Waals surface area contributed by atoms with Gasteiger partial charge >= 0.3 is 0 Å². The molecule has 0 aromatic rings. The predicted octanol–water partition coefficient (Wildman–Crippen LogP) is 1.25. The molecule has 5 heteroatoms. The van der Waals surface area contributed by atoms with Gasteiger partial charge in [-0.2, -0.15) is 0 Å². The van der Waals surface area contributed by atoms with Crippen molar-refractivity contribution in [2.24, 2.45) is 0 Å². The maximum Gasteiger partial charge on any atom is 0.0897 e. The molecule has 1 fully saturated rings. The zero-order valence-corrected chi connectivity index (χ0v) is 14.0. The molecule has 1 aliphatic heterocycles. The molecule has 126 valence electrons. The van der Waals surface area contributed by atoms with E-state index in [1.165, 1.54) is 38.9 Å². The summed E-state index contributed by atoms with van der Waals surface area (Å²) < 4.78 is 10.8. The molecule has 2 N–H and O–H groups in total. The van der Waals surface area contributed by atoms with E-state index in [2.05, 4.69) is 17.1 Å². The van der Waals surface area contributed by atoms with Gasteiger partial charge in [-0.1, -0.05) is 6.92 Å². The third kappa shape index (κ3) is 9.42. The number of aliphatic hydroxyl groups excluding tert-OH is 1. The lowest BCUT2D eigenvalue weighted by molar-refractivity contribution is -0.0109. The summed E-state index contributed by atoms with van der Waals surface area (Å²) in [5.74, 6) is 0. The van der Waals surface area contributed by atoms with Crippen LogP contribution in [0.3, 0.4) is 0 Å². The number of hydrogen-bond donors (Lipinski definition) is 2. The molecule has 1 saturated heterocycles. The van der Waals surface area contributed by atoms with E-state index < -0.39 is 6.10 Å². The van der Waals surface area contributed by atoms with Gasteiger partial charge in [0.25, 0.3) is 0 Å². The molecule has 1 rings (SSSR count). The lowest BCUT2D eigenvalue weighted by atomic mass is 10.0. The average molecular weight is 302 g/mol. The highest BCUT2D eigenvalue weighted by atomic mass is 16.5. The van der Waals surface area contributed by atoms with Crippen molar-refractivity contribution < 1.29 is 14.6 Å². The molecule has 0 bridgehead atoms. The van der Waals surface area contributed by atoms with Gasteiger partial charge in [0.2, 0.25) is 0 Å². The van der Waals surface area contributed by atoms with Gasteiger partial charge in [-0.3, -0.25) is 0 Å². The van der Waals surface area contributed by atoms with Crippen LogP contribution in [0.25, 0.3) is 0 Å². The van der Waals surface area contributed by atoms with Crippen LogP contribution < -0.4 is 5.32 Å². The number of nitrogens with one attached hydrogen (secondary N) is 1. The monoisotopic (exact) mass is 302 g/mol. The van der Waals surface area contributed by atoms with E-state index in [-0.39, 0.29) is 6.10 Å². The Bertz CT molecular complexity index is 244. The van der Waals surface area contributed by atoms with Crippen LogP contribution in [0.1, 0.15) is 40.0 Å². The van der Waals surface area contributed by atoms with Gasteiger partial charge in [0, 0.05) is 12.6 Å². The lowest BCUT2D eigenvalue weighted by Crippen LogP contribution is -2.45. The van der Waals surface area contributed by atoms with Crippen molar-refractivity contribution in [1.29, 1.82) is 0 Å². The first-order chi connectivity index (χ1) is 10.1. The minimum absolute atomic E-state index is 0.235. The number of rotatable bonds is 11. The Morgan fingerprint density at radius 2 is 1.95 bits per heavy atom. The summed E-state index contributed by atoms with van der Waals surface area (Å²) in [5, 5.41) is 13.3. The van der Waals surface area contributed by atoms with E-state index in [9.17, 15) is 5.11 Å². The minimum Gasteiger partial charge on any atom is -0.389 e. The summed E-state index contributed by atoms with van der Waals surface area (Å²) in [7, 11) is 0. The first-order valence-electron chi connectivity index (χ1n) is 8.45. The van der Waals surface area contributed by atoms with Gasteiger partial charge in [0.05, 0.1) is 32.0 Å².